The minimum atomic E-state index is -1.35. The van der Waals surface area contributed by atoms with Crippen LogP contribution >= 0.6 is 11.3 Å². The molecule has 0 saturated heterocycles. The van der Waals surface area contributed by atoms with E-state index in [-0.39, 0.29) is 11.1 Å². The zero-order valence-corrected chi connectivity index (χ0v) is 32.7. The maximum Gasteiger partial charge on any atom is 0.208 e. The summed E-state index contributed by atoms with van der Waals surface area (Å²) in [5.41, 5.74) is -0.431. The maximum atomic E-state index is 12.3. The number of hydrogen-bond acceptors (Lipinski definition) is 16. The van der Waals surface area contributed by atoms with E-state index in [0.29, 0.717) is 4.70 Å². The van der Waals surface area contributed by atoms with Gasteiger partial charge < -0.3 is 61.3 Å². The molecule has 12 N–H and O–H groups in total. The van der Waals surface area contributed by atoms with Crippen LogP contribution in [0.4, 0.5) is 0 Å². The third kappa shape index (κ3) is 6.02. The van der Waals surface area contributed by atoms with Gasteiger partial charge in [0.1, 0.15) is 44.1 Å². The van der Waals surface area contributed by atoms with Gasteiger partial charge in [-0.05, 0) is 39.7 Å². The van der Waals surface area contributed by atoms with Crippen molar-refractivity contribution < 1.29 is 61.3 Å². The van der Waals surface area contributed by atoms with Crippen molar-refractivity contribution in [2.45, 2.75) is 0 Å². The second kappa shape index (κ2) is 14.6. The van der Waals surface area contributed by atoms with Crippen molar-refractivity contribution in [1.82, 2.24) is 15.0 Å². The van der Waals surface area contributed by atoms with Crippen molar-refractivity contribution >= 4 is 58.1 Å². The van der Waals surface area contributed by atoms with Crippen LogP contribution in [0.15, 0.2) is 91.0 Å². The summed E-state index contributed by atoms with van der Waals surface area (Å²) in [5.74, 6) is -16.8. The third-order valence-corrected chi connectivity index (χ3v) is 11.9. The number of nitrogens with zero attached hydrogens (tertiary/aromatic N) is 3. The molecule has 0 unspecified atom stereocenters. The molecule has 2 heterocycles. The highest BCUT2D eigenvalue weighted by atomic mass is 32.1. The van der Waals surface area contributed by atoms with E-state index in [1.54, 1.807) is 12.1 Å². The average Bonchev–Trinajstić information content (AvgIpc) is 3.68. The predicted molar refractivity (Wildman–Crippen MR) is 236 cm³/mol. The van der Waals surface area contributed by atoms with Crippen LogP contribution in [0.5, 0.6) is 69.0 Å². The maximum absolute atomic E-state index is 12.3. The van der Waals surface area contributed by atoms with Gasteiger partial charge in [-0.3, -0.25) is 0 Å². The first-order valence-corrected chi connectivity index (χ1v) is 19.3. The molecule has 0 fully saturated rings. The van der Waals surface area contributed by atoms with Crippen molar-refractivity contribution in [2.75, 3.05) is 0 Å². The Labute approximate surface area is 360 Å². The Morgan fingerprint density at radius 2 is 0.794 bits per heavy atom. The van der Waals surface area contributed by atoms with Gasteiger partial charge in [-0.1, -0.05) is 78.9 Å². The van der Waals surface area contributed by atoms with Gasteiger partial charge in [0.2, 0.25) is 28.7 Å². The number of rotatable bonds is 6. The molecule has 0 atom stereocenters. The molecule has 9 aromatic rings. The SMILES string of the molecule is [B]c1c(O)c(-c2nc(-c3c([B])c(O)c(O)c(O)c3O)nc(-c3c(O)c(O)c(O)c(O)c3O)n2)c(O)c(-c2cccc3c2sc2c(-c4ccccc4)cc(-c4ccccc4)cc23)c1O. The Kier molecular flexibility index (Phi) is 9.25. The summed E-state index contributed by atoms with van der Waals surface area (Å²) in [5, 5.41) is 132. The molecular formula is C45H27B2N3O12S. The standard InChI is InChI=1S/C45H27B2N3O12S/c46-27-24(32(54)36(58)39(61)35(27)57)43-48-44(50-45(49-43)26-33(55)37(59)40(62)38(60)34(26)56)25-29(51)23(30(52)28(47)31(25)53)20-13-7-12-19-22-15-18(16-8-3-1-4-9-16)14-21(42(22)63-41(19)20)17-10-5-2-6-11-17/h1-15,51-62H. The fraction of sp³-hybridized carbons (Fsp3) is 0. The van der Waals surface area contributed by atoms with E-state index in [0.717, 1.165) is 37.7 Å². The van der Waals surface area contributed by atoms with Gasteiger partial charge in [0, 0.05) is 31.3 Å². The van der Waals surface area contributed by atoms with Gasteiger partial charge in [-0.2, -0.15) is 0 Å². The summed E-state index contributed by atoms with van der Waals surface area (Å²) in [6, 6.07) is 28.7. The summed E-state index contributed by atoms with van der Waals surface area (Å²) >= 11 is 1.35. The summed E-state index contributed by atoms with van der Waals surface area (Å²) in [4.78, 5) is 12.4. The Morgan fingerprint density at radius 1 is 0.333 bits per heavy atom. The third-order valence-electron chi connectivity index (χ3n) is 10.6. The lowest BCUT2D eigenvalue weighted by Gasteiger charge is -2.19. The quantitative estimate of drug-likeness (QED) is 0.0497. The molecule has 63 heavy (non-hydrogen) atoms. The molecule has 9 rings (SSSR count). The predicted octanol–water partition coefficient (Wildman–Crippen LogP) is 6.30. The normalized spacial score (nSPS) is 11.4. The molecule has 0 bridgehead atoms. The van der Waals surface area contributed by atoms with E-state index in [2.05, 4.69) is 21.0 Å². The first-order chi connectivity index (χ1) is 30.1. The first-order valence-electron chi connectivity index (χ1n) is 18.5. The second-order valence-electron chi connectivity index (χ2n) is 14.2. The Bertz CT molecular complexity index is 3260. The minimum absolute atomic E-state index is 0.227. The molecule has 0 aliphatic rings. The Balaban J connectivity index is 1.35. The molecule has 0 aliphatic heterocycles. The zero-order chi connectivity index (χ0) is 44.8. The van der Waals surface area contributed by atoms with E-state index in [9.17, 15) is 61.3 Å². The highest BCUT2D eigenvalue weighted by Gasteiger charge is 2.32. The van der Waals surface area contributed by atoms with Crippen LogP contribution < -0.4 is 10.9 Å². The van der Waals surface area contributed by atoms with Gasteiger partial charge in [-0.25, -0.2) is 15.0 Å². The zero-order valence-electron chi connectivity index (χ0n) is 31.9. The molecule has 0 spiro atoms. The van der Waals surface area contributed by atoms with Crippen molar-refractivity contribution in [2.24, 2.45) is 0 Å². The van der Waals surface area contributed by atoms with E-state index >= 15 is 0 Å². The summed E-state index contributed by atoms with van der Waals surface area (Å²) < 4.78 is 1.42. The van der Waals surface area contributed by atoms with Gasteiger partial charge in [0.25, 0.3) is 0 Å². The fourth-order valence-electron chi connectivity index (χ4n) is 7.48. The fourth-order valence-corrected chi connectivity index (χ4v) is 8.81. The number of aromatic hydroxyl groups is 12. The van der Waals surface area contributed by atoms with E-state index in [1.807, 2.05) is 72.8 Å². The smallest absolute Gasteiger partial charge is 0.208 e. The molecule has 15 nitrogen and oxygen atoms in total. The van der Waals surface area contributed by atoms with Crippen LogP contribution in [0, 0.1) is 0 Å². The minimum Gasteiger partial charge on any atom is -0.508 e. The van der Waals surface area contributed by atoms with Gasteiger partial charge in [0.15, 0.2) is 40.5 Å². The molecule has 4 radical (unpaired) electrons. The lowest BCUT2D eigenvalue weighted by Crippen LogP contribution is -2.13. The van der Waals surface area contributed by atoms with Crippen LogP contribution in [0.25, 0.3) is 87.7 Å². The van der Waals surface area contributed by atoms with Gasteiger partial charge >= 0.3 is 0 Å². The Hall–Kier alpha value is -8.50. The molecular weight excluding hydrogens is 828 g/mol. The number of fused-ring (bicyclic) bond motifs is 3. The van der Waals surface area contributed by atoms with Crippen LogP contribution in [0.3, 0.4) is 0 Å². The van der Waals surface area contributed by atoms with Gasteiger partial charge in [-0.15, -0.1) is 11.3 Å². The number of phenolic OH excluding ortho intramolecular Hbond substituents is 12. The van der Waals surface area contributed by atoms with Crippen molar-refractivity contribution in [3.63, 3.8) is 0 Å². The van der Waals surface area contributed by atoms with Crippen molar-refractivity contribution in [3.8, 4) is 137 Å². The van der Waals surface area contributed by atoms with Gasteiger partial charge in [0.05, 0.1) is 11.1 Å². The van der Waals surface area contributed by atoms with Crippen molar-refractivity contribution in [1.29, 1.82) is 0 Å². The molecule has 0 saturated carbocycles. The van der Waals surface area contributed by atoms with Crippen LogP contribution in [-0.4, -0.2) is 91.9 Å². The second-order valence-corrected chi connectivity index (χ2v) is 15.3. The largest absolute Gasteiger partial charge is 0.508 e. The van der Waals surface area contributed by atoms with Crippen LogP contribution in [-0.2, 0) is 0 Å². The first kappa shape index (κ1) is 39.9. The molecule has 2 aromatic heterocycles. The molecule has 0 amide bonds. The number of phenols is 12. The number of benzene rings is 7. The summed E-state index contributed by atoms with van der Waals surface area (Å²) in [7, 11) is 12.4. The monoisotopic (exact) mass is 855 g/mol. The molecule has 306 valence electrons. The summed E-state index contributed by atoms with van der Waals surface area (Å²) in [6.07, 6.45) is 0. The average molecular weight is 855 g/mol. The highest BCUT2D eigenvalue weighted by Crippen LogP contribution is 2.56. The number of thiophene rings is 1. The molecule has 0 aliphatic carbocycles. The topological polar surface area (TPSA) is 281 Å². The van der Waals surface area contributed by atoms with Crippen molar-refractivity contribution in [3.05, 3.63) is 91.0 Å². The van der Waals surface area contributed by atoms with E-state index < -0.39 is 114 Å². The summed E-state index contributed by atoms with van der Waals surface area (Å²) in [6.45, 7) is 0. The number of aromatic nitrogens is 3. The van der Waals surface area contributed by atoms with E-state index in [1.165, 1.54) is 11.3 Å². The van der Waals surface area contributed by atoms with Crippen LogP contribution in [0.1, 0.15) is 0 Å². The highest BCUT2D eigenvalue weighted by molar-refractivity contribution is 7.27. The number of hydrogen-bond donors (Lipinski definition) is 12. The molecule has 18 heteroatoms. The lowest BCUT2D eigenvalue weighted by atomic mass is 9.85. The molecule has 7 aromatic carbocycles. The lowest BCUT2D eigenvalue weighted by molar-refractivity contribution is 0.329. The van der Waals surface area contributed by atoms with Crippen LogP contribution in [0.2, 0.25) is 0 Å². The van der Waals surface area contributed by atoms with E-state index in [4.69, 9.17) is 15.7 Å². The Morgan fingerprint density at radius 3 is 1.38 bits per heavy atom.